The van der Waals surface area contributed by atoms with Gasteiger partial charge in [0.1, 0.15) is 17.2 Å². The average molecular weight is 253 g/mol. The van der Waals surface area contributed by atoms with Gasteiger partial charge in [0.05, 0.1) is 20.8 Å². The zero-order chi connectivity index (χ0) is 13.2. The SMILES string of the molecule is CCCNCCCOc1cc(OC)cc(OC)c1. The van der Waals surface area contributed by atoms with Gasteiger partial charge in [-0.2, -0.15) is 0 Å². The van der Waals surface area contributed by atoms with Crippen LogP contribution in [0.25, 0.3) is 0 Å². The summed E-state index contributed by atoms with van der Waals surface area (Å²) in [6.07, 6.45) is 2.15. The lowest BCUT2D eigenvalue weighted by atomic mass is 10.3. The Bertz CT molecular complexity index is 320. The van der Waals surface area contributed by atoms with Gasteiger partial charge in [0.25, 0.3) is 0 Å². The molecule has 0 fully saturated rings. The molecule has 102 valence electrons. The summed E-state index contributed by atoms with van der Waals surface area (Å²) in [7, 11) is 3.26. The Kier molecular flexibility index (Phi) is 7.03. The maximum absolute atomic E-state index is 5.67. The highest BCUT2D eigenvalue weighted by molar-refractivity contribution is 5.41. The number of hydrogen-bond donors (Lipinski definition) is 1. The van der Waals surface area contributed by atoms with E-state index in [0.717, 1.165) is 43.2 Å². The third-order valence-electron chi connectivity index (χ3n) is 2.52. The van der Waals surface area contributed by atoms with Crippen LogP contribution in [0.4, 0.5) is 0 Å². The molecule has 0 saturated carbocycles. The molecule has 0 spiro atoms. The molecule has 1 N–H and O–H groups in total. The first kappa shape index (κ1) is 14.6. The summed E-state index contributed by atoms with van der Waals surface area (Å²) in [5, 5.41) is 3.34. The average Bonchev–Trinajstić information content (AvgIpc) is 2.42. The van der Waals surface area contributed by atoms with Gasteiger partial charge in [0.2, 0.25) is 0 Å². The van der Waals surface area contributed by atoms with Crippen LogP contribution in [-0.4, -0.2) is 33.9 Å². The molecule has 18 heavy (non-hydrogen) atoms. The second kappa shape index (κ2) is 8.64. The van der Waals surface area contributed by atoms with Gasteiger partial charge in [-0.05, 0) is 25.9 Å². The molecule has 0 aliphatic rings. The van der Waals surface area contributed by atoms with E-state index >= 15 is 0 Å². The van der Waals surface area contributed by atoms with E-state index in [1.54, 1.807) is 14.2 Å². The first-order valence-corrected chi connectivity index (χ1v) is 6.36. The van der Waals surface area contributed by atoms with Gasteiger partial charge in [-0.25, -0.2) is 0 Å². The van der Waals surface area contributed by atoms with Crippen LogP contribution in [0.5, 0.6) is 17.2 Å². The van der Waals surface area contributed by atoms with Crippen molar-refractivity contribution in [2.75, 3.05) is 33.9 Å². The highest BCUT2D eigenvalue weighted by atomic mass is 16.5. The summed E-state index contributed by atoms with van der Waals surface area (Å²) in [6, 6.07) is 5.56. The van der Waals surface area contributed by atoms with Crippen LogP contribution < -0.4 is 19.5 Å². The first-order chi connectivity index (χ1) is 8.80. The highest BCUT2D eigenvalue weighted by Gasteiger charge is 2.02. The van der Waals surface area contributed by atoms with Gasteiger partial charge in [-0.3, -0.25) is 0 Å². The molecule has 1 aromatic rings. The second-order valence-corrected chi connectivity index (χ2v) is 4.00. The Balaban J connectivity index is 2.36. The molecule has 0 atom stereocenters. The predicted molar refractivity (Wildman–Crippen MR) is 72.8 cm³/mol. The van der Waals surface area contributed by atoms with Crippen molar-refractivity contribution in [1.82, 2.24) is 5.32 Å². The molecule has 4 nitrogen and oxygen atoms in total. The van der Waals surface area contributed by atoms with E-state index in [2.05, 4.69) is 12.2 Å². The minimum absolute atomic E-state index is 0.688. The van der Waals surface area contributed by atoms with Crippen LogP contribution in [0.15, 0.2) is 18.2 Å². The maximum atomic E-state index is 5.67. The zero-order valence-electron chi connectivity index (χ0n) is 11.5. The molecule has 0 bridgehead atoms. The summed E-state index contributed by atoms with van der Waals surface area (Å²) in [4.78, 5) is 0. The lowest BCUT2D eigenvalue weighted by molar-refractivity contribution is 0.303. The van der Waals surface area contributed by atoms with E-state index in [0.29, 0.717) is 6.61 Å². The monoisotopic (exact) mass is 253 g/mol. The van der Waals surface area contributed by atoms with E-state index in [-0.39, 0.29) is 0 Å². The largest absolute Gasteiger partial charge is 0.496 e. The van der Waals surface area contributed by atoms with Crippen LogP contribution in [-0.2, 0) is 0 Å². The lowest BCUT2D eigenvalue weighted by Crippen LogP contribution is -2.18. The van der Waals surface area contributed by atoms with Crippen molar-refractivity contribution < 1.29 is 14.2 Å². The van der Waals surface area contributed by atoms with Crippen LogP contribution >= 0.6 is 0 Å². The zero-order valence-corrected chi connectivity index (χ0v) is 11.5. The molecule has 0 heterocycles. The molecule has 0 radical (unpaired) electrons. The molecule has 0 amide bonds. The number of rotatable bonds is 9. The number of nitrogens with one attached hydrogen (secondary N) is 1. The Morgan fingerprint density at radius 2 is 1.56 bits per heavy atom. The minimum atomic E-state index is 0.688. The molecule has 0 aliphatic heterocycles. The molecule has 0 aliphatic carbocycles. The van der Waals surface area contributed by atoms with Gasteiger partial charge in [-0.1, -0.05) is 6.92 Å². The van der Waals surface area contributed by atoms with E-state index in [4.69, 9.17) is 14.2 Å². The number of benzene rings is 1. The van der Waals surface area contributed by atoms with Crippen molar-refractivity contribution in [2.24, 2.45) is 0 Å². The molecule has 0 saturated heterocycles. The summed E-state index contributed by atoms with van der Waals surface area (Å²) in [6.45, 7) is 4.89. The number of methoxy groups -OCH3 is 2. The Morgan fingerprint density at radius 1 is 0.944 bits per heavy atom. The highest BCUT2D eigenvalue weighted by Crippen LogP contribution is 2.27. The Hall–Kier alpha value is -1.42. The van der Waals surface area contributed by atoms with Crippen molar-refractivity contribution in [3.05, 3.63) is 18.2 Å². The third-order valence-corrected chi connectivity index (χ3v) is 2.52. The van der Waals surface area contributed by atoms with Crippen molar-refractivity contribution >= 4 is 0 Å². The molecular weight excluding hydrogens is 230 g/mol. The summed E-state index contributed by atoms with van der Waals surface area (Å²) in [5.41, 5.74) is 0. The summed E-state index contributed by atoms with van der Waals surface area (Å²) < 4.78 is 16.0. The smallest absolute Gasteiger partial charge is 0.126 e. The normalized spacial score (nSPS) is 10.2. The fourth-order valence-electron chi connectivity index (χ4n) is 1.55. The van der Waals surface area contributed by atoms with E-state index in [9.17, 15) is 0 Å². The summed E-state index contributed by atoms with van der Waals surface area (Å²) >= 11 is 0. The second-order valence-electron chi connectivity index (χ2n) is 4.00. The Labute approximate surface area is 109 Å². The van der Waals surface area contributed by atoms with Crippen molar-refractivity contribution in [3.8, 4) is 17.2 Å². The van der Waals surface area contributed by atoms with Gasteiger partial charge in [-0.15, -0.1) is 0 Å². The first-order valence-electron chi connectivity index (χ1n) is 6.36. The van der Waals surface area contributed by atoms with E-state index in [1.807, 2.05) is 18.2 Å². The fourth-order valence-corrected chi connectivity index (χ4v) is 1.55. The van der Waals surface area contributed by atoms with Crippen molar-refractivity contribution in [1.29, 1.82) is 0 Å². The predicted octanol–water partition coefficient (Wildman–Crippen LogP) is 2.47. The molecular formula is C14H23NO3. The minimum Gasteiger partial charge on any atom is -0.496 e. The van der Waals surface area contributed by atoms with E-state index in [1.165, 1.54) is 0 Å². The topological polar surface area (TPSA) is 39.7 Å². The van der Waals surface area contributed by atoms with Gasteiger partial charge >= 0.3 is 0 Å². The summed E-state index contributed by atoms with van der Waals surface area (Å²) in [5.74, 6) is 2.27. The standard InChI is InChI=1S/C14H23NO3/c1-4-6-15-7-5-8-18-14-10-12(16-2)9-13(11-14)17-3/h9-11,15H,4-8H2,1-3H3. The maximum Gasteiger partial charge on any atom is 0.126 e. The van der Waals surface area contributed by atoms with Crippen LogP contribution in [0, 0.1) is 0 Å². The fraction of sp³-hybridized carbons (Fsp3) is 0.571. The molecule has 0 aromatic heterocycles. The van der Waals surface area contributed by atoms with Crippen LogP contribution in [0.3, 0.4) is 0 Å². The number of hydrogen-bond acceptors (Lipinski definition) is 4. The molecule has 4 heteroatoms. The number of ether oxygens (including phenoxy) is 3. The Morgan fingerprint density at radius 3 is 2.11 bits per heavy atom. The van der Waals surface area contributed by atoms with Crippen LogP contribution in [0.1, 0.15) is 19.8 Å². The molecule has 1 aromatic carbocycles. The van der Waals surface area contributed by atoms with Gasteiger partial charge < -0.3 is 19.5 Å². The third kappa shape index (κ3) is 5.27. The molecule has 0 unspecified atom stereocenters. The molecule has 1 rings (SSSR count). The van der Waals surface area contributed by atoms with Crippen LogP contribution in [0.2, 0.25) is 0 Å². The van der Waals surface area contributed by atoms with Crippen molar-refractivity contribution in [3.63, 3.8) is 0 Å². The van der Waals surface area contributed by atoms with Gasteiger partial charge in [0, 0.05) is 18.2 Å². The van der Waals surface area contributed by atoms with E-state index < -0.39 is 0 Å². The quantitative estimate of drug-likeness (QED) is 0.686. The van der Waals surface area contributed by atoms with Gasteiger partial charge in [0.15, 0.2) is 0 Å². The lowest BCUT2D eigenvalue weighted by Gasteiger charge is -2.10. The van der Waals surface area contributed by atoms with Crippen molar-refractivity contribution in [2.45, 2.75) is 19.8 Å².